The molecule has 0 saturated carbocycles. The maximum absolute atomic E-state index is 11.0. The Morgan fingerprint density at radius 1 is 1.50 bits per heavy atom. The van der Waals surface area contributed by atoms with Gasteiger partial charge >= 0.3 is 5.97 Å². The van der Waals surface area contributed by atoms with E-state index in [9.17, 15) is 4.79 Å². The molecule has 0 radical (unpaired) electrons. The highest BCUT2D eigenvalue weighted by molar-refractivity contribution is 5.86. The van der Waals surface area contributed by atoms with Crippen molar-refractivity contribution in [1.82, 2.24) is 0 Å². The van der Waals surface area contributed by atoms with Crippen molar-refractivity contribution in [2.45, 2.75) is 20.6 Å². The summed E-state index contributed by atoms with van der Waals surface area (Å²) in [7, 11) is 0. The van der Waals surface area contributed by atoms with E-state index in [1.165, 1.54) is 5.56 Å². The number of carbonyl (C=O) groups excluding carboxylic acids is 1. The van der Waals surface area contributed by atoms with Crippen molar-refractivity contribution in [2.24, 2.45) is 0 Å². The number of hydrogen-bond donors (Lipinski definition) is 0. The normalized spacial score (nSPS) is 9.57. The second kappa shape index (κ2) is 4.56. The van der Waals surface area contributed by atoms with Gasteiger partial charge in [-0.1, -0.05) is 6.58 Å². The zero-order valence-electron chi connectivity index (χ0n) is 8.49. The molecule has 1 rings (SSSR count). The predicted molar refractivity (Wildman–Crippen MR) is 52.3 cm³/mol. The monoisotopic (exact) mass is 192 g/mol. The first kappa shape index (κ1) is 10.4. The summed E-state index contributed by atoms with van der Waals surface area (Å²) >= 11 is 0. The molecule has 0 N–H and O–H groups in total. The van der Waals surface area contributed by atoms with Gasteiger partial charge in [0.25, 0.3) is 6.73 Å². The molecular weight excluding hydrogens is 178 g/mol. The fraction of sp³-hybridized carbons (Fsp3) is 0.273. The standard InChI is InChI=1S/C11H14NO2/c1-9(2)11(13)14-8-12-6-4-10(3)5-7-12/h4-7H,1,8H2,2-3H3/q+1. The van der Waals surface area contributed by atoms with Crippen LogP contribution in [-0.4, -0.2) is 5.97 Å². The molecule has 0 fully saturated rings. The summed E-state index contributed by atoms with van der Waals surface area (Å²) in [4.78, 5) is 11.0. The van der Waals surface area contributed by atoms with E-state index in [2.05, 4.69) is 6.58 Å². The van der Waals surface area contributed by atoms with Crippen molar-refractivity contribution in [3.63, 3.8) is 0 Å². The molecule has 74 valence electrons. The number of aromatic nitrogens is 1. The SMILES string of the molecule is C=C(C)C(=O)OC[n+]1ccc(C)cc1. The van der Waals surface area contributed by atoms with Crippen LogP contribution in [0.25, 0.3) is 0 Å². The Bertz CT molecular complexity index is 341. The molecule has 0 bridgehead atoms. The number of ether oxygens (including phenoxy) is 1. The topological polar surface area (TPSA) is 30.2 Å². The molecule has 0 atom stereocenters. The van der Waals surface area contributed by atoms with E-state index in [0.29, 0.717) is 5.57 Å². The van der Waals surface area contributed by atoms with Gasteiger partial charge in [-0.25, -0.2) is 4.79 Å². The number of pyridine rings is 1. The fourth-order valence-corrected chi connectivity index (χ4v) is 0.874. The minimum absolute atomic E-state index is 0.228. The lowest BCUT2D eigenvalue weighted by molar-refractivity contribution is -0.727. The second-order valence-electron chi connectivity index (χ2n) is 3.23. The minimum atomic E-state index is -0.363. The van der Waals surface area contributed by atoms with Crippen LogP contribution in [-0.2, 0) is 16.3 Å². The largest absolute Gasteiger partial charge is 0.401 e. The Labute approximate surface area is 83.6 Å². The van der Waals surface area contributed by atoms with Crippen LogP contribution in [0.5, 0.6) is 0 Å². The summed E-state index contributed by atoms with van der Waals surface area (Å²) in [5.74, 6) is -0.363. The highest BCUT2D eigenvalue weighted by Crippen LogP contribution is 1.93. The van der Waals surface area contributed by atoms with Crippen LogP contribution in [0.2, 0.25) is 0 Å². The number of nitrogens with zero attached hydrogens (tertiary/aromatic N) is 1. The second-order valence-corrected chi connectivity index (χ2v) is 3.23. The molecule has 0 spiro atoms. The Morgan fingerprint density at radius 2 is 2.07 bits per heavy atom. The van der Waals surface area contributed by atoms with Gasteiger partial charge in [-0.05, 0) is 19.4 Å². The number of carbonyl (C=O) groups is 1. The van der Waals surface area contributed by atoms with Crippen molar-refractivity contribution in [3.05, 3.63) is 42.2 Å². The lowest BCUT2D eigenvalue weighted by Crippen LogP contribution is -2.35. The van der Waals surface area contributed by atoms with Crippen LogP contribution in [0, 0.1) is 6.92 Å². The molecule has 0 aliphatic rings. The minimum Gasteiger partial charge on any atom is -0.401 e. The molecule has 0 aromatic carbocycles. The first-order valence-electron chi connectivity index (χ1n) is 4.38. The van der Waals surface area contributed by atoms with Crippen LogP contribution in [0.15, 0.2) is 36.7 Å². The molecule has 1 aromatic heterocycles. The average Bonchev–Trinajstić information content (AvgIpc) is 2.16. The van der Waals surface area contributed by atoms with Gasteiger partial charge in [0.2, 0.25) is 0 Å². The number of aryl methyl sites for hydroxylation is 1. The summed E-state index contributed by atoms with van der Waals surface area (Å²) in [5.41, 5.74) is 1.59. The molecule has 1 heterocycles. The highest BCUT2D eigenvalue weighted by atomic mass is 16.5. The first-order valence-corrected chi connectivity index (χ1v) is 4.38. The van der Waals surface area contributed by atoms with Gasteiger partial charge in [0.15, 0.2) is 12.4 Å². The van der Waals surface area contributed by atoms with Gasteiger partial charge in [-0.3, -0.25) is 0 Å². The van der Waals surface area contributed by atoms with Gasteiger partial charge in [0.1, 0.15) is 0 Å². The van der Waals surface area contributed by atoms with E-state index in [1.807, 2.05) is 31.5 Å². The van der Waals surface area contributed by atoms with Crippen molar-refractivity contribution in [3.8, 4) is 0 Å². The summed E-state index contributed by atoms with van der Waals surface area (Å²) in [6.07, 6.45) is 3.72. The third kappa shape index (κ3) is 3.01. The Morgan fingerprint density at radius 3 is 2.57 bits per heavy atom. The van der Waals surface area contributed by atoms with Gasteiger partial charge in [-0.15, -0.1) is 0 Å². The lowest BCUT2D eigenvalue weighted by atomic mass is 10.3. The molecule has 3 nitrogen and oxygen atoms in total. The van der Waals surface area contributed by atoms with Crippen molar-refractivity contribution in [1.29, 1.82) is 0 Å². The van der Waals surface area contributed by atoms with Gasteiger partial charge in [0, 0.05) is 17.7 Å². The van der Waals surface area contributed by atoms with E-state index >= 15 is 0 Å². The Hall–Kier alpha value is -1.64. The molecule has 3 heteroatoms. The van der Waals surface area contributed by atoms with Crippen LogP contribution in [0.1, 0.15) is 12.5 Å². The van der Waals surface area contributed by atoms with E-state index < -0.39 is 0 Å². The number of rotatable bonds is 3. The molecule has 0 aliphatic heterocycles. The van der Waals surface area contributed by atoms with E-state index in [4.69, 9.17) is 4.74 Å². The summed E-state index contributed by atoms with van der Waals surface area (Å²) in [6.45, 7) is 7.36. The molecule has 0 unspecified atom stereocenters. The van der Waals surface area contributed by atoms with Crippen LogP contribution < -0.4 is 4.57 Å². The number of esters is 1. The maximum Gasteiger partial charge on any atom is 0.337 e. The third-order valence-electron chi connectivity index (χ3n) is 1.75. The first-order chi connectivity index (χ1) is 6.59. The van der Waals surface area contributed by atoms with Crippen LogP contribution in [0.4, 0.5) is 0 Å². The molecule has 1 aromatic rings. The fourth-order valence-electron chi connectivity index (χ4n) is 0.874. The van der Waals surface area contributed by atoms with Gasteiger partial charge < -0.3 is 4.74 Å². The molecule has 0 saturated heterocycles. The Kier molecular flexibility index (Phi) is 3.40. The van der Waals surface area contributed by atoms with Crippen molar-refractivity contribution >= 4 is 5.97 Å². The summed E-state index contributed by atoms with van der Waals surface area (Å²) < 4.78 is 6.74. The third-order valence-corrected chi connectivity index (χ3v) is 1.75. The zero-order chi connectivity index (χ0) is 10.6. The lowest BCUT2D eigenvalue weighted by Gasteiger charge is -2.00. The molecule has 0 amide bonds. The molecule has 0 aliphatic carbocycles. The predicted octanol–water partition coefficient (Wildman–Crippen LogP) is 1.36. The van der Waals surface area contributed by atoms with E-state index in [1.54, 1.807) is 11.5 Å². The smallest absolute Gasteiger partial charge is 0.337 e. The van der Waals surface area contributed by atoms with Crippen LogP contribution in [0.3, 0.4) is 0 Å². The van der Waals surface area contributed by atoms with Crippen LogP contribution >= 0.6 is 0 Å². The van der Waals surface area contributed by atoms with Crippen molar-refractivity contribution < 1.29 is 14.1 Å². The van der Waals surface area contributed by atoms with E-state index in [0.717, 1.165) is 0 Å². The van der Waals surface area contributed by atoms with Crippen molar-refractivity contribution in [2.75, 3.05) is 0 Å². The Balaban J connectivity index is 2.50. The van der Waals surface area contributed by atoms with E-state index in [-0.39, 0.29) is 12.7 Å². The molecule has 14 heavy (non-hydrogen) atoms. The van der Waals surface area contributed by atoms with Gasteiger partial charge in [0.05, 0.1) is 0 Å². The molecular formula is C11H14NO2+. The highest BCUT2D eigenvalue weighted by Gasteiger charge is 2.06. The number of hydrogen-bond acceptors (Lipinski definition) is 2. The maximum atomic E-state index is 11.0. The summed E-state index contributed by atoms with van der Waals surface area (Å²) in [6, 6.07) is 3.91. The average molecular weight is 192 g/mol. The zero-order valence-corrected chi connectivity index (χ0v) is 8.49. The van der Waals surface area contributed by atoms with Gasteiger partial charge in [-0.2, -0.15) is 4.57 Å². The quantitative estimate of drug-likeness (QED) is 0.411. The summed E-state index contributed by atoms with van der Waals surface area (Å²) in [5, 5.41) is 0.